The first kappa shape index (κ1) is 19.2. The Labute approximate surface area is 166 Å². The number of ether oxygens (including phenoxy) is 2. The van der Waals surface area contributed by atoms with Gasteiger partial charge in [0.25, 0.3) is 0 Å². The molecule has 0 aromatic heterocycles. The van der Waals surface area contributed by atoms with Crippen LogP contribution in [-0.2, 0) is 27.3 Å². The molecule has 1 spiro atoms. The van der Waals surface area contributed by atoms with Crippen LogP contribution in [0.2, 0.25) is 0 Å². The maximum absolute atomic E-state index is 12.6. The minimum Gasteiger partial charge on any atom is -0.493 e. The fraction of sp³-hybridized carbons (Fsp3) is 0.636. The highest BCUT2D eigenvalue weighted by Gasteiger charge is 2.56. The molecule has 28 heavy (non-hydrogen) atoms. The average molecular weight is 386 g/mol. The van der Waals surface area contributed by atoms with Crippen LogP contribution >= 0.6 is 0 Å². The van der Waals surface area contributed by atoms with Crippen molar-refractivity contribution in [2.45, 2.75) is 51.1 Å². The van der Waals surface area contributed by atoms with E-state index in [4.69, 9.17) is 9.47 Å². The van der Waals surface area contributed by atoms with E-state index in [1.165, 1.54) is 18.2 Å². The number of likely N-dealkylation sites (tertiary alicyclic amines) is 2. The Hall–Kier alpha value is -2.08. The second-order valence-electron chi connectivity index (χ2n) is 8.25. The Kier molecular flexibility index (Phi) is 5.32. The van der Waals surface area contributed by atoms with Gasteiger partial charge in [0.05, 0.1) is 25.2 Å². The van der Waals surface area contributed by atoms with Gasteiger partial charge in [-0.15, -0.1) is 0 Å². The van der Waals surface area contributed by atoms with Crippen molar-refractivity contribution in [1.82, 2.24) is 9.80 Å². The van der Waals surface area contributed by atoms with E-state index in [1.807, 2.05) is 4.90 Å². The van der Waals surface area contributed by atoms with E-state index < -0.39 is 0 Å². The summed E-state index contributed by atoms with van der Waals surface area (Å²) in [6, 6.07) is 6.48. The molecule has 1 unspecified atom stereocenters. The molecular weight excluding hydrogens is 356 g/mol. The first-order valence-electron chi connectivity index (χ1n) is 10.4. The minimum absolute atomic E-state index is 0.101. The van der Waals surface area contributed by atoms with Crippen LogP contribution in [0.3, 0.4) is 0 Å². The van der Waals surface area contributed by atoms with Gasteiger partial charge in [0, 0.05) is 39.0 Å². The van der Waals surface area contributed by atoms with Gasteiger partial charge in [-0.2, -0.15) is 0 Å². The molecule has 2 saturated heterocycles. The van der Waals surface area contributed by atoms with Crippen LogP contribution in [0.5, 0.6) is 5.75 Å². The van der Waals surface area contributed by atoms with Crippen LogP contribution in [0.4, 0.5) is 0 Å². The number of amides is 1. The van der Waals surface area contributed by atoms with Crippen molar-refractivity contribution >= 4 is 11.9 Å². The molecule has 1 amide bonds. The normalized spacial score (nSPS) is 23.7. The van der Waals surface area contributed by atoms with Gasteiger partial charge in [0.1, 0.15) is 5.75 Å². The molecule has 3 aliphatic rings. The summed E-state index contributed by atoms with van der Waals surface area (Å²) in [6.45, 7) is 6.24. The molecule has 2 fully saturated rings. The number of fused-ring (bicyclic) bond motifs is 1. The Morgan fingerprint density at radius 2 is 2.11 bits per heavy atom. The molecule has 4 rings (SSSR count). The van der Waals surface area contributed by atoms with Crippen molar-refractivity contribution in [2.24, 2.45) is 5.92 Å². The number of carbonyl (C=O) groups excluding carboxylic acids is 2. The molecule has 0 bridgehead atoms. The second kappa shape index (κ2) is 7.74. The topological polar surface area (TPSA) is 59.1 Å². The molecular formula is C22H30N2O4. The summed E-state index contributed by atoms with van der Waals surface area (Å²) in [5.74, 6) is 0.543. The minimum atomic E-state index is -0.373. The third kappa shape index (κ3) is 3.28. The first-order chi connectivity index (χ1) is 13.6. The number of carbonyl (C=O) groups is 2. The fourth-order valence-electron chi connectivity index (χ4n) is 5.24. The lowest BCUT2D eigenvalue weighted by Gasteiger charge is -2.47. The Balaban J connectivity index is 1.47. The third-order valence-corrected chi connectivity index (χ3v) is 6.68. The Morgan fingerprint density at radius 3 is 2.82 bits per heavy atom. The van der Waals surface area contributed by atoms with Gasteiger partial charge < -0.3 is 14.4 Å². The summed E-state index contributed by atoms with van der Waals surface area (Å²) in [4.78, 5) is 29.5. The summed E-state index contributed by atoms with van der Waals surface area (Å²) in [5.41, 5.74) is 2.23. The molecule has 0 aliphatic carbocycles. The zero-order valence-electron chi connectivity index (χ0n) is 16.9. The van der Waals surface area contributed by atoms with Crippen LogP contribution in [0.1, 0.15) is 43.7 Å². The predicted molar refractivity (Wildman–Crippen MR) is 105 cm³/mol. The van der Waals surface area contributed by atoms with Crippen LogP contribution in [-0.4, -0.2) is 60.6 Å². The number of methoxy groups -OCH3 is 1. The molecule has 1 atom stereocenters. The highest BCUT2D eigenvalue weighted by Crippen LogP contribution is 2.44. The monoisotopic (exact) mass is 386 g/mol. The van der Waals surface area contributed by atoms with E-state index in [-0.39, 0.29) is 29.8 Å². The van der Waals surface area contributed by atoms with Gasteiger partial charge in [0.2, 0.25) is 5.91 Å². The molecule has 0 radical (unpaired) electrons. The molecule has 1 aromatic rings. The lowest BCUT2D eigenvalue weighted by molar-refractivity contribution is -0.150. The average Bonchev–Trinajstić information content (AvgIpc) is 3.27. The number of nitrogens with zero attached hydrogens (tertiary/aromatic N) is 2. The molecule has 1 aromatic carbocycles. The van der Waals surface area contributed by atoms with Crippen molar-refractivity contribution < 1.29 is 19.1 Å². The summed E-state index contributed by atoms with van der Waals surface area (Å²) in [7, 11) is 1.43. The van der Waals surface area contributed by atoms with Gasteiger partial charge in [-0.25, -0.2) is 0 Å². The van der Waals surface area contributed by atoms with Crippen LogP contribution in [0.15, 0.2) is 18.2 Å². The van der Waals surface area contributed by atoms with Crippen molar-refractivity contribution in [3.8, 4) is 5.75 Å². The maximum atomic E-state index is 12.6. The lowest BCUT2D eigenvalue weighted by Crippen LogP contribution is -2.57. The number of rotatable bonds is 5. The van der Waals surface area contributed by atoms with Gasteiger partial charge in [-0.3, -0.25) is 14.5 Å². The molecule has 6 heteroatoms. The smallest absolute Gasteiger partial charge is 0.311 e. The zero-order chi connectivity index (χ0) is 19.7. The first-order valence-corrected chi connectivity index (χ1v) is 10.4. The van der Waals surface area contributed by atoms with E-state index in [9.17, 15) is 9.59 Å². The van der Waals surface area contributed by atoms with Crippen molar-refractivity contribution in [3.63, 3.8) is 0 Å². The molecule has 3 aliphatic heterocycles. The number of esters is 1. The summed E-state index contributed by atoms with van der Waals surface area (Å²) >= 11 is 0. The summed E-state index contributed by atoms with van der Waals surface area (Å²) < 4.78 is 10.7. The second-order valence-corrected chi connectivity index (χ2v) is 8.25. The largest absolute Gasteiger partial charge is 0.493 e. The highest BCUT2D eigenvalue weighted by atomic mass is 16.5. The van der Waals surface area contributed by atoms with Crippen LogP contribution in [0.25, 0.3) is 0 Å². The molecule has 0 saturated carbocycles. The van der Waals surface area contributed by atoms with E-state index in [0.717, 1.165) is 64.2 Å². The van der Waals surface area contributed by atoms with E-state index in [2.05, 4.69) is 30.0 Å². The SMILES string of the molecule is CCCN1C(=O)CC(C(=O)OC)C12CCN(Cc1ccc3c(c1)CCO3)CC2. The third-order valence-electron chi connectivity index (χ3n) is 6.68. The quantitative estimate of drug-likeness (QED) is 0.728. The van der Waals surface area contributed by atoms with Crippen LogP contribution < -0.4 is 4.74 Å². The van der Waals surface area contributed by atoms with Crippen molar-refractivity contribution in [3.05, 3.63) is 29.3 Å². The molecule has 6 nitrogen and oxygen atoms in total. The summed E-state index contributed by atoms with van der Waals surface area (Å²) in [6.07, 6.45) is 3.83. The maximum Gasteiger partial charge on any atom is 0.311 e. The number of hydrogen-bond acceptors (Lipinski definition) is 5. The zero-order valence-corrected chi connectivity index (χ0v) is 16.9. The Morgan fingerprint density at radius 1 is 1.32 bits per heavy atom. The predicted octanol–water partition coefficient (Wildman–Crippen LogP) is 2.39. The Bertz CT molecular complexity index is 755. The number of hydrogen-bond donors (Lipinski definition) is 0. The van der Waals surface area contributed by atoms with Gasteiger partial charge in [0.15, 0.2) is 0 Å². The fourth-order valence-corrected chi connectivity index (χ4v) is 5.24. The van der Waals surface area contributed by atoms with Crippen LogP contribution in [0, 0.1) is 5.92 Å². The van der Waals surface area contributed by atoms with Gasteiger partial charge in [-0.05, 0) is 36.5 Å². The lowest BCUT2D eigenvalue weighted by atomic mass is 9.76. The van der Waals surface area contributed by atoms with E-state index >= 15 is 0 Å². The number of benzene rings is 1. The summed E-state index contributed by atoms with van der Waals surface area (Å²) in [5, 5.41) is 0. The highest BCUT2D eigenvalue weighted by molar-refractivity contribution is 5.89. The van der Waals surface area contributed by atoms with Gasteiger partial charge >= 0.3 is 5.97 Å². The number of piperidine rings is 1. The standard InChI is InChI=1S/C22H30N2O4/c1-3-9-24-20(25)14-18(21(26)27-2)22(24)7-10-23(11-8-22)15-16-4-5-19-17(13-16)6-12-28-19/h4-5,13,18H,3,6-12,14-15H2,1-2H3. The molecule has 3 heterocycles. The van der Waals surface area contributed by atoms with Crippen molar-refractivity contribution in [1.29, 1.82) is 0 Å². The van der Waals surface area contributed by atoms with E-state index in [0.29, 0.717) is 0 Å². The van der Waals surface area contributed by atoms with Crippen molar-refractivity contribution in [2.75, 3.05) is 33.4 Å². The molecule has 0 N–H and O–H groups in total. The molecule has 152 valence electrons. The van der Waals surface area contributed by atoms with E-state index in [1.54, 1.807) is 0 Å². The van der Waals surface area contributed by atoms with Gasteiger partial charge in [-0.1, -0.05) is 19.1 Å².